The van der Waals surface area contributed by atoms with Crippen molar-refractivity contribution in [2.45, 2.75) is 17.7 Å². The number of aromatic nitrogens is 1. The molecule has 0 bridgehead atoms. The fourth-order valence-electron chi connectivity index (χ4n) is 3.36. The molecule has 0 radical (unpaired) electrons. The number of sulfonamides is 1. The molecule has 0 atom stereocenters. The first-order valence-electron chi connectivity index (χ1n) is 9.01. The summed E-state index contributed by atoms with van der Waals surface area (Å²) in [5, 5.41) is 2.69. The molecular formula is C20H17F2N3O3S. The van der Waals surface area contributed by atoms with Gasteiger partial charge in [-0.25, -0.2) is 17.2 Å². The van der Waals surface area contributed by atoms with Crippen LogP contribution >= 0.6 is 0 Å². The highest BCUT2D eigenvalue weighted by Crippen LogP contribution is 2.26. The Kier molecular flexibility index (Phi) is 5.01. The molecule has 1 saturated heterocycles. The van der Waals surface area contributed by atoms with E-state index >= 15 is 0 Å². The van der Waals surface area contributed by atoms with Gasteiger partial charge in [0.25, 0.3) is 5.91 Å². The minimum absolute atomic E-state index is 0.0312. The number of amides is 1. The number of halogens is 2. The average Bonchev–Trinajstić information content (AvgIpc) is 3.24. The minimum atomic E-state index is -3.67. The number of hydrogen-bond acceptors (Lipinski definition) is 4. The van der Waals surface area contributed by atoms with E-state index in [9.17, 15) is 22.0 Å². The second-order valence-corrected chi connectivity index (χ2v) is 8.67. The van der Waals surface area contributed by atoms with E-state index in [2.05, 4.69) is 10.3 Å². The van der Waals surface area contributed by atoms with Crippen LogP contribution in [0, 0.1) is 11.6 Å². The Morgan fingerprint density at radius 3 is 2.59 bits per heavy atom. The maximum atomic E-state index is 13.9. The summed E-state index contributed by atoms with van der Waals surface area (Å²) in [4.78, 5) is 16.6. The lowest BCUT2D eigenvalue weighted by atomic mass is 10.1. The number of benzene rings is 2. The summed E-state index contributed by atoms with van der Waals surface area (Å²) in [7, 11) is -3.67. The third-order valence-corrected chi connectivity index (χ3v) is 6.71. The highest BCUT2D eigenvalue weighted by molar-refractivity contribution is 7.89. The lowest BCUT2D eigenvalue weighted by Gasteiger charge is -2.16. The van der Waals surface area contributed by atoms with Gasteiger partial charge in [-0.15, -0.1) is 0 Å². The van der Waals surface area contributed by atoms with E-state index in [1.54, 1.807) is 0 Å². The number of hydrogen-bond donors (Lipinski definition) is 1. The molecule has 1 fully saturated rings. The van der Waals surface area contributed by atoms with E-state index in [4.69, 9.17) is 0 Å². The van der Waals surface area contributed by atoms with Crippen molar-refractivity contribution in [3.8, 4) is 0 Å². The Morgan fingerprint density at radius 2 is 1.83 bits per heavy atom. The maximum absolute atomic E-state index is 13.9. The number of anilines is 1. The Hall–Kier alpha value is -2.91. The van der Waals surface area contributed by atoms with E-state index in [0.717, 1.165) is 18.9 Å². The maximum Gasteiger partial charge on any atom is 0.255 e. The van der Waals surface area contributed by atoms with E-state index in [1.165, 1.54) is 40.8 Å². The molecule has 1 amide bonds. The summed E-state index contributed by atoms with van der Waals surface area (Å²) >= 11 is 0. The zero-order chi connectivity index (χ0) is 20.6. The second-order valence-electron chi connectivity index (χ2n) is 6.74. The lowest BCUT2D eigenvalue weighted by molar-refractivity contribution is 0.102. The fraction of sp³-hybridized carbons (Fsp3) is 0.200. The van der Waals surface area contributed by atoms with Crippen molar-refractivity contribution in [2.75, 3.05) is 18.4 Å². The van der Waals surface area contributed by atoms with Crippen molar-refractivity contribution in [3.63, 3.8) is 0 Å². The van der Waals surface area contributed by atoms with Crippen LogP contribution in [-0.4, -0.2) is 36.7 Å². The first-order valence-corrected chi connectivity index (χ1v) is 10.5. The molecule has 2 aromatic carbocycles. The molecule has 6 nitrogen and oxygen atoms in total. The predicted molar refractivity (Wildman–Crippen MR) is 104 cm³/mol. The molecule has 29 heavy (non-hydrogen) atoms. The van der Waals surface area contributed by atoms with Crippen LogP contribution in [0.1, 0.15) is 23.2 Å². The summed E-state index contributed by atoms with van der Waals surface area (Å²) < 4.78 is 54.4. The van der Waals surface area contributed by atoms with Gasteiger partial charge in [0.2, 0.25) is 10.0 Å². The van der Waals surface area contributed by atoms with Crippen LogP contribution < -0.4 is 5.32 Å². The summed E-state index contributed by atoms with van der Waals surface area (Å²) in [6.45, 7) is 0.914. The van der Waals surface area contributed by atoms with Crippen LogP contribution in [0.15, 0.2) is 53.6 Å². The molecule has 0 aliphatic carbocycles. The molecule has 150 valence electrons. The number of rotatable bonds is 4. The predicted octanol–water partition coefficient (Wildman–Crippen LogP) is 3.55. The molecule has 4 rings (SSSR count). The first-order chi connectivity index (χ1) is 13.9. The Labute approximate surface area is 166 Å². The van der Waals surface area contributed by atoms with Crippen LogP contribution in [0.25, 0.3) is 10.9 Å². The summed E-state index contributed by atoms with van der Waals surface area (Å²) in [6, 6.07) is 8.92. The van der Waals surface area contributed by atoms with Crippen molar-refractivity contribution in [1.29, 1.82) is 0 Å². The molecule has 0 unspecified atom stereocenters. The molecule has 1 aliphatic heterocycles. The Morgan fingerprint density at radius 1 is 1.07 bits per heavy atom. The smallest absolute Gasteiger partial charge is 0.255 e. The van der Waals surface area contributed by atoms with Crippen LogP contribution in [0.5, 0.6) is 0 Å². The van der Waals surface area contributed by atoms with Crippen molar-refractivity contribution < 1.29 is 22.0 Å². The SMILES string of the molecule is O=C(Nc1ccnc2c(F)cc(F)cc12)c1cccc(S(=O)(=O)N2CCCC2)c1. The van der Waals surface area contributed by atoms with Gasteiger partial charge in [-0.3, -0.25) is 9.78 Å². The van der Waals surface area contributed by atoms with Gasteiger partial charge in [-0.2, -0.15) is 4.31 Å². The van der Waals surface area contributed by atoms with E-state index in [0.29, 0.717) is 19.2 Å². The van der Waals surface area contributed by atoms with Crippen LogP contribution in [0.2, 0.25) is 0 Å². The van der Waals surface area contributed by atoms with Crippen LogP contribution in [-0.2, 0) is 10.0 Å². The summed E-state index contributed by atoms with van der Waals surface area (Å²) in [6.07, 6.45) is 2.91. The minimum Gasteiger partial charge on any atom is -0.321 e. The lowest BCUT2D eigenvalue weighted by Crippen LogP contribution is -2.28. The van der Waals surface area contributed by atoms with E-state index < -0.39 is 27.6 Å². The fourth-order valence-corrected chi connectivity index (χ4v) is 4.92. The molecule has 1 aliphatic rings. The highest BCUT2D eigenvalue weighted by Gasteiger charge is 2.27. The van der Waals surface area contributed by atoms with Crippen molar-refractivity contribution in [1.82, 2.24) is 9.29 Å². The Balaban J connectivity index is 1.66. The van der Waals surface area contributed by atoms with Gasteiger partial charge < -0.3 is 5.32 Å². The number of carbonyl (C=O) groups is 1. The van der Waals surface area contributed by atoms with Crippen molar-refractivity contribution in [3.05, 3.63) is 65.9 Å². The normalized spacial score (nSPS) is 15.0. The van der Waals surface area contributed by atoms with E-state index in [1.807, 2.05) is 0 Å². The van der Waals surface area contributed by atoms with Crippen molar-refractivity contribution >= 4 is 32.5 Å². The molecular weight excluding hydrogens is 400 g/mol. The van der Waals surface area contributed by atoms with Gasteiger partial charge in [0.1, 0.15) is 11.3 Å². The van der Waals surface area contributed by atoms with Crippen molar-refractivity contribution in [2.24, 2.45) is 0 Å². The van der Waals surface area contributed by atoms with Gasteiger partial charge in [-0.1, -0.05) is 6.07 Å². The molecule has 0 saturated carbocycles. The molecule has 0 spiro atoms. The molecule has 1 aromatic heterocycles. The van der Waals surface area contributed by atoms with Crippen LogP contribution in [0.4, 0.5) is 14.5 Å². The number of nitrogens with zero attached hydrogens (tertiary/aromatic N) is 2. The van der Waals surface area contributed by atoms with Gasteiger partial charge in [0.05, 0.1) is 10.6 Å². The van der Waals surface area contributed by atoms with Gasteiger partial charge >= 0.3 is 0 Å². The zero-order valence-electron chi connectivity index (χ0n) is 15.2. The van der Waals surface area contributed by atoms with E-state index in [-0.39, 0.29) is 27.0 Å². The molecule has 9 heteroatoms. The largest absolute Gasteiger partial charge is 0.321 e. The van der Waals surface area contributed by atoms with Crippen LogP contribution in [0.3, 0.4) is 0 Å². The highest BCUT2D eigenvalue weighted by atomic mass is 32.2. The number of carbonyl (C=O) groups excluding carboxylic acids is 1. The molecule has 3 aromatic rings. The zero-order valence-corrected chi connectivity index (χ0v) is 16.0. The Bertz CT molecular complexity index is 1210. The average molecular weight is 417 g/mol. The first kappa shape index (κ1) is 19.4. The third-order valence-electron chi connectivity index (χ3n) is 4.81. The van der Waals surface area contributed by atoms with Gasteiger partial charge in [-0.05, 0) is 43.2 Å². The van der Waals surface area contributed by atoms with Gasteiger partial charge in [0.15, 0.2) is 5.82 Å². The quantitative estimate of drug-likeness (QED) is 0.704. The van der Waals surface area contributed by atoms with Gasteiger partial charge in [0, 0.05) is 36.3 Å². The summed E-state index contributed by atoms with van der Waals surface area (Å²) in [5.74, 6) is -2.23. The monoisotopic (exact) mass is 417 g/mol. The number of pyridine rings is 1. The third kappa shape index (κ3) is 3.70. The topological polar surface area (TPSA) is 79.4 Å². The number of nitrogens with one attached hydrogen (secondary N) is 1. The second kappa shape index (κ2) is 7.49. The summed E-state index contributed by atoms with van der Waals surface area (Å²) in [5.41, 5.74) is 0.216. The standard InChI is InChI=1S/C20H17F2N3O3S/c21-14-11-16-18(6-7-23-19(16)17(22)12-14)24-20(26)13-4-3-5-15(10-13)29(27,28)25-8-1-2-9-25/h3-7,10-12H,1-2,8-9H2,(H,23,24,26). The number of fused-ring (bicyclic) bond motifs is 1. The molecule has 2 heterocycles. The molecule has 1 N–H and O–H groups in total.